The Morgan fingerprint density at radius 3 is 2.14 bits per heavy atom. The second-order valence-electron chi connectivity index (χ2n) is 5.09. The van der Waals surface area contributed by atoms with Gasteiger partial charge in [0.25, 0.3) is 0 Å². The number of hydrogen-bond donors (Lipinski definition) is 0. The van der Waals surface area contributed by atoms with E-state index in [2.05, 4.69) is 11.8 Å². The third kappa shape index (κ3) is 4.50. The van der Waals surface area contributed by atoms with Crippen molar-refractivity contribution in [1.82, 2.24) is 4.90 Å². The van der Waals surface area contributed by atoms with Crippen molar-refractivity contribution in [2.75, 3.05) is 14.1 Å². The Kier molecular flexibility index (Phi) is 5.17. The number of rotatable bonds is 3. The average Bonchev–Trinajstić information content (AvgIpc) is 2.53. The largest absolute Gasteiger partial charge is 0.349 e. The summed E-state index contributed by atoms with van der Waals surface area (Å²) < 4.78 is 0. The van der Waals surface area contributed by atoms with Crippen molar-refractivity contribution in [2.24, 2.45) is 0 Å². The van der Waals surface area contributed by atoms with Crippen molar-refractivity contribution in [2.45, 2.75) is 12.3 Å². The molecular formula is C19H19NO. The smallest absolute Gasteiger partial charge is 0.223 e. The normalized spacial score (nSPS) is 11.1. The van der Waals surface area contributed by atoms with Gasteiger partial charge in [-0.3, -0.25) is 4.79 Å². The Morgan fingerprint density at radius 1 is 1.00 bits per heavy atom. The molecule has 0 saturated heterocycles. The molecule has 2 rings (SSSR count). The van der Waals surface area contributed by atoms with Crippen LogP contribution in [0.15, 0.2) is 60.7 Å². The lowest BCUT2D eigenvalue weighted by atomic mass is 9.95. The number of carbonyl (C=O) groups excluding carboxylic acids is 1. The van der Waals surface area contributed by atoms with E-state index in [1.807, 2.05) is 60.7 Å². The summed E-state index contributed by atoms with van der Waals surface area (Å²) in [7, 11) is 3.55. The zero-order valence-electron chi connectivity index (χ0n) is 12.4. The molecule has 2 aromatic rings. The van der Waals surface area contributed by atoms with Gasteiger partial charge < -0.3 is 4.90 Å². The summed E-state index contributed by atoms with van der Waals surface area (Å²) in [5.41, 5.74) is 2.05. The van der Waals surface area contributed by atoms with E-state index in [9.17, 15) is 4.79 Å². The predicted molar refractivity (Wildman–Crippen MR) is 85.8 cm³/mol. The molecule has 2 heteroatoms. The average molecular weight is 277 g/mol. The molecule has 0 aliphatic heterocycles. The standard InChI is InChI=1S/C19H19NO/c1-20(2)19(21)15-18(17-11-7-4-8-12-17)14-13-16-9-5-3-6-10-16/h3-12,18H,15H2,1-2H3/t18-/m0/s1. The summed E-state index contributed by atoms with van der Waals surface area (Å²) in [6.07, 6.45) is 0.400. The SMILES string of the molecule is CN(C)C(=O)C[C@H](C#Cc1ccccc1)c1ccccc1. The zero-order chi connectivity index (χ0) is 15.1. The lowest BCUT2D eigenvalue weighted by molar-refractivity contribution is -0.128. The highest BCUT2D eigenvalue weighted by atomic mass is 16.2. The number of benzene rings is 2. The van der Waals surface area contributed by atoms with Crippen LogP contribution in [-0.2, 0) is 4.79 Å². The zero-order valence-corrected chi connectivity index (χ0v) is 12.4. The van der Waals surface area contributed by atoms with E-state index in [0.29, 0.717) is 6.42 Å². The molecule has 0 heterocycles. The number of hydrogen-bond acceptors (Lipinski definition) is 1. The molecule has 0 bridgehead atoms. The molecule has 2 aromatic carbocycles. The van der Waals surface area contributed by atoms with E-state index in [1.165, 1.54) is 0 Å². The molecule has 21 heavy (non-hydrogen) atoms. The fraction of sp³-hybridized carbons (Fsp3) is 0.211. The molecule has 0 N–H and O–H groups in total. The first-order valence-electron chi connectivity index (χ1n) is 6.98. The van der Waals surface area contributed by atoms with Gasteiger partial charge in [0.1, 0.15) is 0 Å². The van der Waals surface area contributed by atoms with E-state index in [-0.39, 0.29) is 11.8 Å². The highest BCUT2D eigenvalue weighted by Gasteiger charge is 2.14. The van der Waals surface area contributed by atoms with E-state index in [4.69, 9.17) is 0 Å². The minimum absolute atomic E-state index is 0.0821. The summed E-state index contributed by atoms with van der Waals surface area (Å²) in [6.45, 7) is 0. The third-order valence-corrected chi connectivity index (χ3v) is 3.24. The first-order chi connectivity index (χ1) is 10.2. The maximum Gasteiger partial charge on any atom is 0.223 e. The number of carbonyl (C=O) groups is 1. The van der Waals surface area contributed by atoms with Gasteiger partial charge in [-0.15, -0.1) is 0 Å². The molecule has 106 valence electrons. The van der Waals surface area contributed by atoms with Crippen LogP contribution < -0.4 is 0 Å². The highest BCUT2D eigenvalue weighted by molar-refractivity contribution is 5.77. The topological polar surface area (TPSA) is 20.3 Å². The fourth-order valence-corrected chi connectivity index (χ4v) is 1.99. The summed E-state index contributed by atoms with van der Waals surface area (Å²) in [5, 5.41) is 0. The van der Waals surface area contributed by atoms with Crippen molar-refractivity contribution in [3.05, 3.63) is 71.8 Å². The molecule has 0 saturated carbocycles. The molecule has 1 amide bonds. The second kappa shape index (κ2) is 7.31. The Balaban J connectivity index is 2.25. The van der Waals surface area contributed by atoms with Gasteiger partial charge in [0.2, 0.25) is 5.91 Å². The minimum atomic E-state index is -0.0821. The Hall–Kier alpha value is -2.53. The Bertz CT molecular complexity index is 636. The van der Waals surface area contributed by atoms with E-state index in [1.54, 1.807) is 19.0 Å². The fourth-order valence-electron chi connectivity index (χ4n) is 1.99. The summed E-state index contributed by atoms with van der Waals surface area (Å²) in [6, 6.07) is 19.8. The van der Waals surface area contributed by atoms with Crippen LogP contribution in [0, 0.1) is 11.8 Å². The molecule has 0 aliphatic rings. The van der Waals surface area contributed by atoms with Gasteiger partial charge in [0.05, 0.1) is 5.92 Å². The van der Waals surface area contributed by atoms with E-state index >= 15 is 0 Å². The van der Waals surface area contributed by atoms with Crippen LogP contribution in [0.1, 0.15) is 23.5 Å². The van der Waals surface area contributed by atoms with Crippen molar-refractivity contribution >= 4 is 5.91 Å². The lowest BCUT2D eigenvalue weighted by Crippen LogP contribution is -2.23. The first-order valence-corrected chi connectivity index (χ1v) is 6.98. The van der Waals surface area contributed by atoms with Crippen LogP contribution in [0.2, 0.25) is 0 Å². The quantitative estimate of drug-likeness (QED) is 0.788. The van der Waals surface area contributed by atoms with Gasteiger partial charge in [0, 0.05) is 26.1 Å². The Labute approximate surface area is 126 Å². The molecule has 0 aromatic heterocycles. The Morgan fingerprint density at radius 2 is 1.57 bits per heavy atom. The molecule has 0 radical (unpaired) electrons. The van der Waals surface area contributed by atoms with Gasteiger partial charge in [-0.1, -0.05) is 60.4 Å². The second-order valence-corrected chi connectivity index (χ2v) is 5.09. The first kappa shape index (κ1) is 14.9. The predicted octanol–water partition coefficient (Wildman–Crippen LogP) is 3.30. The monoisotopic (exact) mass is 277 g/mol. The van der Waals surface area contributed by atoms with Gasteiger partial charge in [-0.25, -0.2) is 0 Å². The van der Waals surface area contributed by atoms with Crippen LogP contribution in [0.25, 0.3) is 0 Å². The van der Waals surface area contributed by atoms with E-state index in [0.717, 1.165) is 11.1 Å². The van der Waals surface area contributed by atoms with Crippen LogP contribution in [0.3, 0.4) is 0 Å². The third-order valence-electron chi connectivity index (χ3n) is 3.24. The minimum Gasteiger partial charge on any atom is -0.349 e. The van der Waals surface area contributed by atoms with E-state index < -0.39 is 0 Å². The molecule has 2 nitrogen and oxygen atoms in total. The van der Waals surface area contributed by atoms with Gasteiger partial charge in [-0.05, 0) is 17.7 Å². The van der Waals surface area contributed by atoms with Crippen LogP contribution in [-0.4, -0.2) is 24.9 Å². The molecule has 0 fully saturated rings. The summed E-state index contributed by atoms with van der Waals surface area (Å²) >= 11 is 0. The maximum atomic E-state index is 12.0. The van der Waals surface area contributed by atoms with Crippen LogP contribution in [0.5, 0.6) is 0 Å². The number of nitrogens with zero attached hydrogens (tertiary/aromatic N) is 1. The maximum absolute atomic E-state index is 12.0. The number of amides is 1. The molecule has 1 atom stereocenters. The molecule has 0 unspecified atom stereocenters. The van der Waals surface area contributed by atoms with Crippen molar-refractivity contribution in [3.8, 4) is 11.8 Å². The highest BCUT2D eigenvalue weighted by Crippen LogP contribution is 2.19. The van der Waals surface area contributed by atoms with Crippen molar-refractivity contribution < 1.29 is 4.79 Å². The van der Waals surface area contributed by atoms with Crippen molar-refractivity contribution in [1.29, 1.82) is 0 Å². The molecular weight excluding hydrogens is 258 g/mol. The van der Waals surface area contributed by atoms with Gasteiger partial charge in [0.15, 0.2) is 0 Å². The van der Waals surface area contributed by atoms with Crippen LogP contribution in [0.4, 0.5) is 0 Å². The van der Waals surface area contributed by atoms with Gasteiger partial charge >= 0.3 is 0 Å². The van der Waals surface area contributed by atoms with Gasteiger partial charge in [-0.2, -0.15) is 0 Å². The molecule has 0 aliphatic carbocycles. The molecule has 0 spiro atoms. The summed E-state index contributed by atoms with van der Waals surface area (Å²) in [4.78, 5) is 13.6. The van der Waals surface area contributed by atoms with Crippen molar-refractivity contribution in [3.63, 3.8) is 0 Å². The van der Waals surface area contributed by atoms with Crippen LogP contribution >= 0.6 is 0 Å². The summed E-state index contributed by atoms with van der Waals surface area (Å²) in [5.74, 6) is 6.41. The lowest BCUT2D eigenvalue weighted by Gasteiger charge is -2.15.